The summed E-state index contributed by atoms with van der Waals surface area (Å²) in [6.07, 6.45) is 3.39. The van der Waals surface area contributed by atoms with Gasteiger partial charge in [-0.3, -0.25) is 14.9 Å². The molecule has 1 aliphatic heterocycles. The summed E-state index contributed by atoms with van der Waals surface area (Å²) in [7, 11) is 0. The van der Waals surface area contributed by atoms with E-state index in [0.29, 0.717) is 12.3 Å². The first-order chi connectivity index (χ1) is 10.1. The number of nitro benzene ring substituents is 1. The van der Waals surface area contributed by atoms with Gasteiger partial charge in [0.15, 0.2) is 0 Å². The summed E-state index contributed by atoms with van der Waals surface area (Å²) in [5.74, 6) is -0.652. The largest absolute Gasteiger partial charge is 0.326 e. The van der Waals surface area contributed by atoms with Crippen molar-refractivity contribution < 1.29 is 14.1 Å². The second kappa shape index (κ2) is 7.12. The number of carbonyl (C=O) groups excluding carboxylic acids is 1. The van der Waals surface area contributed by atoms with Gasteiger partial charge < -0.3 is 10.6 Å². The average molecular weight is 295 g/mol. The second-order valence-electron chi connectivity index (χ2n) is 5.22. The number of hydrogen-bond acceptors (Lipinski definition) is 4. The molecule has 7 heteroatoms. The number of piperidine rings is 1. The quantitative estimate of drug-likeness (QED) is 0.645. The van der Waals surface area contributed by atoms with Crippen LogP contribution in [0.2, 0.25) is 0 Å². The number of nitrogens with one attached hydrogen (secondary N) is 2. The van der Waals surface area contributed by atoms with E-state index in [1.807, 2.05) is 0 Å². The van der Waals surface area contributed by atoms with Crippen molar-refractivity contribution >= 4 is 17.3 Å². The lowest BCUT2D eigenvalue weighted by Crippen LogP contribution is -2.30. The molecule has 1 aromatic carbocycles. The molecule has 0 radical (unpaired) electrons. The minimum Gasteiger partial charge on any atom is -0.326 e. The fourth-order valence-corrected chi connectivity index (χ4v) is 2.46. The molecule has 1 amide bonds. The third-order valence-corrected chi connectivity index (χ3v) is 3.61. The van der Waals surface area contributed by atoms with Crippen LogP contribution in [0.25, 0.3) is 0 Å². The summed E-state index contributed by atoms with van der Waals surface area (Å²) < 4.78 is 13.4. The molecule has 1 heterocycles. The third kappa shape index (κ3) is 4.49. The van der Waals surface area contributed by atoms with Crippen LogP contribution in [0.3, 0.4) is 0 Å². The van der Waals surface area contributed by atoms with Crippen LogP contribution in [0.15, 0.2) is 18.2 Å². The number of nitrogens with zero attached hydrogens (tertiary/aromatic N) is 1. The first kappa shape index (κ1) is 15.4. The highest BCUT2D eigenvalue weighted by molar-refractivity contribution is 5.90. The van der Waals surface area contributed by atoms with Crippen LogP contribution >= 0.6 is 0 Å². The van der Waals surface area contributed by atoms with Gasteiger partial charge in [-0.1, -0.05) is 0 Å². The zero-order valence-corrected chi connectivity index (χ0v) is 11.6. The Bertz CT molecular complexity index is 530. The molecule has 1 fully saturated rings. The smallest absolute Gasteiger partial charge is 0.304 e. The van der Waals surface area contributed by atoms with Gasteiger partial charge in [0, 0.05) is 24.2 Å². The highest BCUT2D eigenvalue weighted by Crippen LogP contribution is 2.21. The fourth-order valence-electron chi connectivity index (χ4n) is 2.46. The SMILES string of the molecule is O=C(CCC1CCCNC1)Nc1ccc([N+](=O)[O-])c(F)c1. The van der Waals surface area contributed by atoms with Gasteiger partial charge in [0.05, 0.1) is 4.92 Å². The van der Waals surface area contributed by atoms with Crippen molar-refractivity contribution in [3.8, 4) is 0 Å². The molecule has 0 aromatic heterocycles. The number of anilines is 1. The van der Waals surface area contributed by atoms with Gasteiger partial charge in [0.1, 0.15) is 0 Å². The molecule has 0 saturated carbocycles. The van der Waals surface area contributed by atoms with Crippen molar-refractivity contribution in [2.24, 2.45) is 5.92 Å². The molecule has 2 rings (SSSR count). The van der Waals surface area contributed by atoms with Crippen molar-refractivity contribution in [2.75, 3.05) is 18.4 Å². The van der Waals surface area contributed by atoms with E-state index in [1.165, 1.54) is 6.07 Å². The van der Waals surface area contributed by atoms with Crippen LogP contribution in [-0.2, 0) is 4.79 Å². The van der Waals surface area contributed by atoms with E-state index in [9.17, 15) is 19.3 Å². The van der Waals surface area contributed by atoms with Gasteiger partial charge in [0.25, 0.3) is 0 Å². The highest BCUT2D eigenvalue weighted by atomic mass is 19.1. The van der Waals surface area contributed by atoms with E-state index in [0.717, 1.165) is 44.5 Å². The molecule has 1 saturated heterocycles. The maximum atomic E-state index is 13.4. The molecule has 114 valence electrons. The van der Waals surface area contributed by atoms with E-state index < -0.39 is 16.4 Å². The van der Waals surface area contributed by atoms with Crippen LogP contribution in [0.4, 0.5) is 15.8 Å². The fraction of sp³-hybridized carbons (Fsp3) is 0.500. The lowest BCUT2D eigenvalue weighted by Gasteiger charge is -2.22. The molecule has 0 spiro atoms. The molecule has 1 aliphatic rings. The summed E-state index contributed by atoms with van der Waals surface area (Å²) in [4.78, 5) is 21.5. The second-order valence-corrected chi connectivity index (χ2v) is 5.22. The molecule has 1 unspecified atom stereocenters. The number of amides is 1. The Morgan fingerprint density at radius 2 is 2.33 bits per heavy atom. The Morgan fingerprint density at radius 1 is 1.52 bits per heavy atom. The normalized spacial score (nSPS) is 18.2. The zero-order valence-electron chi connectivity index (χ0n) is 11.6. The first-order valence-electron chi connectivity index (χ1n) is 7.01. The lowest BCUT2D eigenvalue weighted by molar-refractivity contribution is -0.387. The van der Waals surface area contributed by atoms with E-state index >= 15 is 0 Å². The number of rotatable bonds is 5. The topological polar surface area (TPSA) is 84.3 Å². The molecular weight excluding hydrogens is 277 g/mol. The number of halogens is 1. The lowest BCUT2D eigenvalue weighted by atomic mass is 9.94. The summed E-state index contributed by atoms with van der Waals surface area (Å²) in [6, 6.07) is 3.36. The maximum absolute atomic E-state index is 13.4. The molecular formula is C14H18FN3O3. The standard InChI is InChI=1S/C14H18FN3O3/c15-12-8-11(4-5-13(12)18(20)21)17-14(19)6-3-10-2-1-7-16-9-10/h4-5,8,10,16H,1-3,6-7,9H2,(H,17,19). The van der Waals surface area contributed by atoms with Crippen LogP contribution < -0.4 is 10.6 Å². The average Bonchev–Trinajstić information content (AvgIpc) is 2.46. The van der Waals surface area contributed by atoms with Gasteiger partial charge in [0.2, 0.25) is 11.7 Å². The summed E-state index contributed by atoms with van der Waals surface area (Å²) >= 11 is 0. The third-order valence-electron chi connectivity index (χ3n) is 3.61. The van der Waals surface area contributed by atoms with Gasteiger partial charge in [-0.05, 0) is 44.3 Å². The minimum atomic E-state index is -0.950. The zero-order chi connectivity index (χ0) is 15.2. The van der Waals surface area contributed by atoms with E-state index in [-0.39, 0.29) is 11.6 Å². The molecule has 6 nitrogen and oxygen atoms in total. The Kier molecular flexibility index (Phi) is 5.21. The van der Waals surface area contributed by atoms with Crippen LogP contribution in [-0.4, -0.2) is 23.9 Å². The van der Waals surface area contributed by atoms with Crippen molar-refractivity contribution in [3.05, 3.63) is 34.1 Å². The van der Waals surface area contributed by atoms with Crippen molar-refractivity contribution in [1.82, 2.24) is 5.32 Å². The molecule has 0 bridgehead atoms. The molecule has 1 aromatic rings. The summed E-state index contributed by atoms with van der Waals surface area (Å²) in [5.41, 5.74) is -0.355. The predicted octanol–water partition coefficient (Wildman–Crippen LogP) is 2.45. The number of nitro groups is 1. The number of carbonyl (C=O) groups is 1. The molecule has 1 atom stereocenters. The van der Waals surface area contributed by atoms with E-state index in [1.54, 1.807) is 0 Å². The molecule has 21 heavy (non-hydrogen) atoms. The highest BCUT2D eigenvalue weighted by Gasteiger charge is 2.16. The van der Waals surface area contributed by atoms with Gasteiger partial charge in [-0.2, -0.15) is 4.39 Å². The van der Waals surface area contributed by atoms with Crippen LogP contribution in [0.1, 0.15) is 25.7 Å². The summed E-state index contributed by atoms with van der Waals surface area (Å²) in [6.45, 7) is 1.96. The van der Waals surface area contributed by atoms with Crippen molar-refractivity contribution in [3.63, 3.8) is 0 Å². The van der Waals surface area contributed by atoms with E-state index in [2.05, 4.69) is 10.6 Å². The Morgan fingerprint density at radius 3 is 2.95 bits per heavy atom. The monoisotopic (exact) mass is 295 g/mol. The van der Waals surface area contributed by atoms with Crippen molar-refractivity contribution in [2.45, 2.75) is 25.7 Å². The minimum absolute atomic E-state index is 0.200. The predicted molar refractivity (Wildman–Crippen MR) is 76.5 cm³/mol. The van der Waals surface area contributed by atoms with Gasteiger partial charge in [-0.25, -0.2) is 0 Å². The Hall–Kier alpha value is -2.02. The number of benzene rings is 1. The number of hydrogen-bond donors (Lipinski definition) is 2. The Balaban J connectivity index is 1.84. The summed E-state index contributed by atoms with van der Waals surface area (Å²) in [5, 5.41) is 16.4. The van der Waals surface area contributed by atoms with E-state index in [4.69, 9.17) is 0 Å². The molecule has 0 aliphatic carbocycles. The van der Waals surface area contributed by atoms with Gasteiger partial charge >= 0.3 is 5.69 Å². The van der Waals surface area contributed by atoms with Crippen LogP contribution in [0, 0.1) is 21.8 Å². The van der Waals surface area contributed by atoms with Crippen molar-refractivity contribution in [1.29, 1.82) is 0 Å². The van der Waals surface area contributed by atoms with Gasteiger partial charge in [-0.15, -0.1) is 0 Å². The maximum Gasteiger partial charge on any atom is 0.304 e. The Labute approximate surface area is 121 Å². The van der Waals surface area contributed by atoms with Crippen LogP contribution in [0.5, 0.6) is 0 Å². The molecule has 2 N–H and O–H groups in total. The first-order valence-corrected chi connectivity index (χ1v) is 7.01.